The summed E-state index contributed by atoms with van der Waals surface area (Å²) in [5, 5.41) is 0. The van der Waals surface area contributed by atoms with Gasteiger partial charge in [-0.3, -0.25) is 9.59 Å². The SMILES string of the molecule is CN1CCN(C(=O)CCC2CCCN(C(=O)Cc3ccc4c(c3)OCO4)C2)CC1. The number of amides is 2. The van der Waals surface area contributed by atoms with Gasteiger partial charge in [0.05, 0.1) is 6.42 Å². The van der Waals surface area contributed by atoms with E-state index in [0.29, 0.717) is 24.5 Å². The Kier molecular flexibility index (Phi) is 6.23. The molecule has 7 heteroatoms. The number of benzene rings is 1. The Bertz CT molecular complexity index is 746. The monoisotopic (exact) mass is 401 g/mol. The normalized spacial score (nSPS) is 22.0. The van der Waals surface area contributed by atoms with Crippen molar-refractivity contribution >= 4 is 11.8 Å². The molecule has 0 saturated carbocycles. The van der Waals surface area contributed by atoms with Crippen LogP contribution in [0, 0.1) is 5.92 Å². The Morgan fingerprint density at radius 1 is 1.00 bits per heavy atom. The molecule has 2 fully saturated rings. The molecular weight excluding hydrogens is 370 g/mol. The summed E-state index contributed by atoms with van der Waals surface area (Å²) in [7, 11) is 2.10. The molecule has 0 spiro atoms. The molecule has 3 aliphatic heterocycles. The number of carbonyl (C=O) groups is 2. The lowest BCUT2D eigenvalue weighted by molar-refractivity contribution is -0.133. The lowest BCUT2D eigenvalue weighted by Crippen LogP contribution is -2.47. The molecule has 29 heavy (non-hydrogen) atoms. The minimum Gasteiger partial charge on any atom is -0.454 e. The molecule has 3 heterocycles. The summed E-state index contributed by atoms with van der Waals surface area (Å²) in [6, 6.07) is 5.70. The van der Waals surface area contributed by atoms with Crippen LogP contribution in [0.2, 0.25) is 0 Å². The highest BCUT2D eigenvalue weighted by Crippen LogP contribution is 2.33. The van der Waals surface area contributed by atoms with Gasteiger partial charge in [-0.15, -0.1) is 0 Å². The number of ether oxygens (including phenoxy) is 2. The Morgan fingerprint density at radius 3 is 2.62 bits per heavy atom. The summed E-state index contributed by atoms with van der Waals surface area (Å²) >= 11 is 0. The zero-order valence-electron chi connectivity index (χ0n) is 17.3. The fourth-order valence-electron chi connectivity index (χ4n) is 4.41. The second-order valence-corrected chi connectivity index (χ2v) is 8.44. The average molecular weight is 402 g/mol. The second kappa shape index (κ2) is 9.03. The molecule has 2 saturated heterocycles. The molecule has 1 aromatic rings. The first kappa shape index (κ1) is 20.0. The minimum absolute atomic E-state index is 0.152. The van der Waals surface area contributed by atoms with Gasteiger partial charge in [-0.25, -0.2) is 0 Å². The zero-order chi connectivity index (χ0) is 20.2. The van der Waals surface area contributed by atoms with Crippen molar-refractivity contribution in [3.8, 4) is 11.5 Å². The van der Waals surface area contributed by atoms with Gasteiger partial charge in [-0.05, 0) is 49.9 Å². The molecule has 7 nitrogen and oxygen atoms in total. The summed E-state index contributed by atoms with van der Waals surface area (Å²) < 4.78 is 10.7. The van der Waals surface area contributed by atoms with Gasteiger partial charge >= 0.3 is 0 Å². The second-order valence-electron chi connectivity index (χ2n) is 8.44. The van der Waals surface area contributed by atoms with E-state index < -0.39 is 0 Å². The quantitative estimate of drug-likeness (QED) is 0.752. The van der Waals surface area contributed by atoms with Gasteiger partial charge in [0, 0.05) is 45.7 Å². The van der Waals surface area contributed by atoms with Crippen molar-refractivity contribution < 1.29 is 19.1 Å². The van der Waals surface area contributed by atoms with E-state index in [2.05, 4.69) is 11.9 Å². The van der Waals surface area contributed by atoms with E-state index in [9.17, 15) is 9.59 Å². The van der Waals surface area contributed by atoms with Crippen LogP contribution in [0.25, 0.3) is 0 Å². The van der Waals surface area contributed by atoms with Crippen molar-refractivity contribution in [1.29, 1.82) is 0 Å². The molecule has 0 N–H and O–H groups in total. The topological polar surface area (TPSA) is 62.3 Å². The largest absolute Gasteiger partial charge is 0.454 e. The standard InChI is InChI=1S/C22H31N3O4/c1-23-9-11-24(12-10-23)21(26)7-5-17-3-2-8-25(15-17)22(27)14-18-4-6-19-20(13-18)29-16-28-19/h4,6,13,17H,2-3,5,7-12,14-16H2,1H3. The number of rotatable bonds is 5. The molecule has 158 valence electrons. The summed E-state index contributed by atoms with van der Waals surface area (Å²) in [6.07, 6.45) is 3.96. The molecule has 3 aliphatic rings. The number of carbonyl (C=O) groups excluding carboxylic acids is 2. The highest BCUT2D eigenvalue weighted by Gasteiger charge is 2.26. The first-order chi connectivity index (χ1) is 14.1. The van der Waals surface area contributed by atoms with Crippen LogP contribution in [0.4, 0.5) is 0 Å². The zero-order valence-corrected chi connectivity index (χ0v) is 17.3. The van der Waals surface area contributed by atoms with Gasteiger partial charge in [0.15, 0.2) is 11.5 Å². The predicted molar refractivity (Wildman–Crippen MR) is 109 cm³/mol. The number of piperazine rings is 1. The highest BCUT2D eigenvalue weighted by atomic mass is 16.7. The molecule has 0 radical (unpaired) electrons. The van der Waals surface area contributed by atoms with Crippen molar-refractivity contribution in [3.05, 3.63) is 23.8 Å². The van der Waals surface area contributed by atoms with Crippen molar-refractivity contribution in [2.24, 2.45) is 5.92 Å². The first-order valence-electron chi connectivity index (χ1n) is 10.7. The molecule has 1 atom stereocenters. The number of hydrogen-bond acceptors (Lipinski definition) is 5. The van der Waals surface area contributed by atoms with E-state index >= 15 is 0 Å². The highest BCUT2D eigenvalue weighted by molar-refractivity contribution is 5.79. The van der Waals surface area contributed by atoms with Gasteiger partial charge in [0.1, 0.15) is 0 Å². The Morgan fingerprint density at radius 2 is 1.79 bits per heavy atom. The summed E-state index contributed by atoms with van der Waals surface area (Å²) in [4.78, 5) is 31.5. The minimum atomic E-state index is 0.152. The van der Waals surface area contributed by atoms with Crippen molar-refractivity contribution in [3.63, 3.8) is 0 Å². The maximum Gasteiger partial charge on any atom is 0.231 e. The van der Waals surface area contributed by atoms with Gasteiger partial charge in [0.2, 0.25) is 18.6 Å². The summed E-state index contributed by atoms with van der Waals surface area (Å²) in [5.74, 6) is 2.29. The fraction of sp³-hybridized carbons (Fsp3) is 0.636. The van der Waals surface area contributed by atoms with Crippen molar-refractivity contribution in [2.45, 2.75) is 32.1 Å². The summed E-state index contributed by atoms with van der Waals surface area (Å²) in [5.41, 5.74) is 0.951. The Hall–Kier alpha value is -2.28. The van der Waals surface area contributed by atoms with Crippen LogP contribution in [0.1, 0.15) is 31.2 Å². The molecule has 2 amide bonds. The number of nitrogens with zero attached hydrogens (tertiary/aromatic N) is 3. The van der Waals surface area contributed by atoms with Crippen LogP contribution in [-0.2, 0) is 16.0 Å². The van der Waals surface area contributed by atoms with Crippen LogP contribution in [0.3, 0.4) is 0 Å². The van der Waals surface area contributed by atoms with Gasteiger partial charge in [-0.2, -0.15) is 0 Å². The lowest BCUT2D eigenvalue weighted by Gasteiger charge is -2.34. The fourth-order valence-corrected chi connectivity index (χ4v) is 4.41. The number of piperidine rings is 1. The van der Waals surface area contributed by atoms with Crippen LogP contribution in [0.15, 0.2) is 18.2 Å². The third kappa shape index (κ3) is 5.01. The van der Waals surface area contributed by atoms with E-state index in [1.165, 1.54) is 0 Å². The molecule has 1 aromatic carbocycles. The van der Waals surface area contributed by atoms with Crippen molar-refractivity contribution in [1.82, 2.24) is 14.7 Å². The number of likely N-dealkylation sites (tertiary alicyclic amines) is 1. The number of fused-ring (bicyclic) bond motifs is 1. The van der Waals surface area contributed by atoms with E-state index in [-0.39, 0.29) is 18.6 Å². The third-order valence-electron chi connectivity index (χ3n) is 6.29. The average Bonchev–Trinajstić information content (AvgIpc) is 3.20. The van der Waals surface area contributed by atoms with E-state index in [0.717, 1.165) is 69.8 Å². The summed E-state index contributed by atoms with van der Waals surface area (Å²) in [6.45, 7) is 5.40. The number of likely N-dealkylation sites (N-methyl/N-ethyl adjacent to an activating group) is 1. The molecule has 0 aliphatic carbocycles. The van der Waals surface area contributed by atoms with Gasteiger partial charge in [-0.1, -0.05) is 6.07 Å². The number of hydrogen-bond donors (Lipinski definition) is 0. The molecule has 0 bridgehead atoms. The van der Waals surface area contributed by atoms with Crippen molar-refractivity contribution in [2.75, 3.05) is 53.1 Å². The lowest BCUT2D eigenvalue weighted by atomic mass is 9.92. The van der Waals surface area contributed by atoms with Crippen LogP contribution < -0.4 is 9.47 Å². The van der Waals surface area contributed by atoms with E-state index in [1.807, 2.05) is 28.0 Å². The maximum atomic E-state index is 12.8. The van der Waals surface area contributed by atoms with Crippen LogP contribution >= 0.6 is 0 Å². The van der Waals surface area contributed by atoms with Gasteiger partial charge < -0.3 is 24.2 Å². The van der Waals surface area contributed by atoms with Crippen LogP contribution in [-0.4, -0.2) is 79.6 Å². The van der Waals surface area contributed by atoms with Crippen LogP contribution in [0.5, 0.6) is 11.5 Å². The smallest absolute Gasteiger partial charge is 0.231 e. The molecular formula is C22H31N3O4. The third-order valence-corrected chi connectivity index (χ3v) is 6.29. The maximum absolute atomic E-state index is 12.8. The van der Waals surface area contributed by atoms with E-state index in [4.69, 9.17) is 9.47 Å². The van der Waals surface area contributed by atoms with Gasteiger partial charge in [0.25, 0.3) is 0 Å². The Labute approximate surface area is 172 Å². The predicted octanol–water partition coefficient (Wildman–Crippen LogP) is 1.75. The molecule has 1 unspecified atom stereocenters. The van der Waals surface area contributed by atoms with E-state index in [1.54, 1.807) is 0 Å². The molecule has 0 aromatic heterocycles. The first-order valence-corrected chi connectivity index (χ1v) is 10.7. The Balaban J connectivity index is 1.24. The molecule has 4 rings (SSSR count).